The fraction of sp³-hybridized carbons (Fsp3) is 0.350. The molecule has 0 spiro atoms. The van der Waals surface area contributed by atoms with E-state index in [1.807, 2.05) is 0 Å². The number of morpholine rings is 1. The third-order valence-corrected chi connectivity index (χ3v) is 5.29. The van der Waals surface area contributed by atoms with E-state index in [0.29, 0.717) is 67.5 Å². The van der Waals surface area contributed by atoms with Crippen molar-refractivity contribution >= 4 is 23.3 Å². The predicted octanol–water partition coefficient (Wildman–Crippen LogP) is 2.48. The van der Waals surface area contributed by atoms with Gasteiger partial charge in [-0.2, -0.15) is 0 Å². The average molecular weight is 387 g/mol. The molecule has 1 fully saturated rings. The smallest absolute Gasteiger partial charge is 0.268 e. The van der Waals surface area contributed by atoms with Gasteiger partial charge in [0.2, 0.25) is 0 Å². The van der Waals surface area contributed by atoms with Gasteiger partial charge in [-0.1, -0.05) is 11.6 Å². The maximum Gasteiger partial charge on any atom is 0.268 e. The molecule has 0 atom stereocenters. The minimum atomic E-state index is -0.401. The number of halogens is 1. The lowest BCUT2D eigenvalue weighted by molar-refractivity contribution is 0.0301. The summed E-state index contributed by atoms with van der Waals surface area (Å²) in [6, 6.07) is 8.33. The summed E-state index contributed by atoms with van der Waals surface area (Å²) >= 11 is 5.97. The average Bonchev–Trinajstić information content (AvgIpc) is 2.69. The first-order chi connectivity index (χ1) is 13.1. The number of fused-ring (bicyclic) bond motifs is 1. The molecule has 140 valence electrons. The van der Waals surface area contributed by atoms with Crippen molar-refractivity contribution in [2.24, 2.45) is 0 Å². The number of aromatic nitrogens is 1. The minimum absolute atomic E-state index is 0.0286. The molecule has 0 radical (unpaired) electrons. The lowest BCUT2D eigenvalue weighted by Gasteiger charge is -2.28. The first-order valence-electron chi connectivity index (χ1n) is 9.01. The van der Waals surface area contributed by atoms with Gasteiger partial charge in [-0.25, -0.2) is 0 Å². The molecule has 1 aromatic heterocycles. The number of carbonyl (C=O) groups excluding carboxylic acids is 2. The van der Waals surface area contributed by atoms with Gasteiger partial charge in [-0.3, -0.25) is 19.0 Å². The Hall–Kier alpha value is -2.44. The Morgan fingerprint density at radius 1 is 1.04 bits per heavy atom. The normalized spacial score (nSPS) is 16.9. The predicted molar refractivity (Wildman–Crippen MR) is 101 cm³/mol. The number of rotatable bonds is 2. The highest BCUT2D eigenvalue weighted by atomic mass is 35.5. The standard InChI is InChI=1S/C20H19ClN2O4/c21-13-4-6-14(7-5-13)23-17-2-1-3-18(24)15(17)12-16(20(23)26)19(25)22-8-10-27-11-9-22/h4-7,12H,1-3,8-11H2. The Labute approximate surface area is 161 Å². The highest BCUT2D eigenvalue weighted by Gasteiger charge is 2.28. The van der Waals surface area contributed by atoms with E-state index >= 15 is 0 Å². The lowest BCUT2D eigenvalue weighted by Crippen LogP contribution is -2.44. The van der Waals surface area contributed by atoms with Gasteiger partial charge >= 0.3 is 0 Å². The molecular weight excluding hydrogens is 368 g/mol. The quantitative estimate of drug-likeness (QED) is 0.795. The summed E-state index contributed by atoms with van der Waals surface area (Å²) in [6.07, 6.45) is 1.73. The molecule has 2 aromatic rings. The molecule has 7 heteroatoms. The number of nitrogens with zero attached hydrogens (tertiary/aromatic N) is 2. The van der Waals surface area contributed by atoms with Crippen molar-refractivity contribution in [1.82, 2.24) is 9.47 Å². The molecule has 0 unspecified atom stereocenters. The largest absolute Gasteiger partial charge is 0.378 e. The van der Waals surface area contributed by atoms with Crippen molar-refractivity contribution in [2.75, 3.05) is 26.3 Å². The van der Waals surface area contributed by atoms with Crippen LogP contribution in [0, 0.1) is 0 Å². The van der Waals surface area contributed by atoms with Crippen molar-refractivity contribution < 1.29 is 14.3 Å². The van der Waals surface area contributed by atoms with Crippen molar-refractivity contribution in [1.29, 1.82) is 0 Å². The van der Waals surface area contributed by atoms with Crippen molar-refractivity contribution in [3.8, 4) is 5.69 Å². The second-order valence-corrected chi connectivity index (χ2v) is 7.15. The number of benzene rings is 1. The summed E-state index contributed by atoms with van der Waals surface area (Å²) in [5.74, 6) is -0.387. The summed E-state index contributed by atoms with van der Waals surface area (Å²) in [6.45, 7) is 1.76. The Kier molecular flexibility index (Phi) is 4.85. The molecule has 1 amide bonds. The molecule has 1 aliphatic carbocycles. The van der Waals surface area contributed by atoms with Crippen molar-refractivity contribution in [3.05, 3.63) is 62.5 Å². The molecule has 1 aromatic carbocycles. The molecule has 0 bridgehead atoms. The number of hydrogen-bond donors (Lipinski definition) is 0. The Morgan fingerprint density at radius 2 is 1.74 bits per heavy atom. The highest BCUT2D eigenvalue weighted by molar-refractivity contribution is 6.30. The molecule has 4 rings (SSSR count). The number of ether oxygens (including phenoxy) is 1. The third kappa shape index (κ3) is 3.31. The Morgan fingerprint density at radius 3 is 2.44 bits per heavy atom. The van der Waals surface area contributed by atoms with Crippen LogP contribution in [0.3, 0.4) is 0 Å². The maximum absolute atomic E-state index is 13.3. The summed E-state index contributed by atoms with van der Waals surface area (Å²) < 4.78 is 6.78. The molecule has 1 aliphatic heterocycles. The van der Waals surface area contributed by atoms with E-state index in [9.17, 15) is 14.4 Å². The summed E-state index contributed by atoms with van der Waals surface area (Å²) in [7, 11) is 0. The zero-order chi connectivity index (χ0) is 19.0. The molecule has 0 saturated carbocycles. The molecule has 1 saturated heterocycles. The van der Waals surface area contributed by atoms with Gasteiger partial charge in [-0.15, -0.1) is 0 Å². The van der Waals surface area contributed by atoms with E-state index < -0.39 is 5.56 Å². The molecule has 2 heterocycles. The maximum atomic E-state index is 13.3. The number of pyridine rings is 1. The fourth-order valence-corrected chi connectivity index (χ4v) is 3.77. The summed E-state index contributed by atoms with van der Waals surface area (Å²) in [5.41, 5.74) is 1.36. The monoisotopic (exact) mass is 386 g/mol. The summed E-state index contributed by atoms with van der Waals surface area (Å²) in [5, 5.41) is 0.553. The van der Waals surface area contributed by atoms with Gasteiger partial charge in [0.15, 0.2) is 5.78 Å². The number of carbonyl (C=O) groups is 2. The molecule has 2 aliphatic rings. The van der Waals surface area contributed by atoms with E-state index in [-0.39, 0.29) is 17.3 Å². The van der Waals surface area contributed by atoms with Crippen LogP contribution in [0.1, 0.15) is 39.3 Å². The second-order valence-electron chi connectivity index (χ2n) is 6.72. The fourth-order valence-electron chi connectivity index (χ4n) is 3.65. The molecule has 27 heavy (non-hydrogen) atoms. The Balaban J connectivity index is 1.90. The molecule has 6 nitrogen and oxygen atoms in total. The SMILES string of the molecule is O=C1CCCc2c1cc(C(=O)N1CCOCC1)c(=O)n2-c1ccc(Cl)cc1. The minimum Gasteiger partial charge on any atom is -0.378 e. The summed E-state index contributed by atoms with van der Waals surface area (Å²) in [4.78, 5) is 40.3. The van der Waals surface area contributed by atoms with Gasteiger partial charge in [0.1, 0.15) is 5.56 Å². The zero-order valence-electron chi connectivity index (χ0n) is 14.7. The second kappa shape index (κ2) is 7.29. The first kappa shape index (κ1) is 17.9. The number of ketones is 1. The van der Waals surface area contributed by atoms with Crippen LogP contribution in [0.25, 0.3) is 5.69 Å². The van der Waals surface area contributed by atoms with Crippen LogP contribution in [0.5, 0.6) is 0 Å². The topological polar surface area (TPSA) is 68.6 Å². The van der Waals surface area contributed by atoms with Gasteiger partial charge in [0.05, 0.1) is 13.2 Å². The van der Waals surface area contributed by atoms with E-state index in [2.05, 4.69) is 0 Å². The third-order valence-electron chi connectivity index (χ3n) is 5.03. The first-order valence-corrected chi connectivity index (χ1v) is 9.39. The van der Waals surface area contributed by atoms with Crippen LogP contribution in [0.15, 0.2) is 35.1 Å². The molecular formula is C20H19ClN2O4. The van der Waals surface area contributed by atoms with E-state index in [4.69, 9.17) is 16.3 Å². The van der Waals surface area contributed by atoms with Gasteiger partial charge in [0, 0.05) is 41.5 Å². The van der Waals surface area contributed by atoms with Gasteiger partial charge in [0.25, 0.3) is 11.5 Å². The highest BCUT2D eigenvalue weighted by Crippen LogP contribution is 2.24. The number of amides is 1. The van der Waals surface area contributed by atoms with E-state index in [1.54, 1.807) is 29.2 Å². The Bertz CT molecular complexity index is 959. The van der Waals surface area contributed by atoms with Crippen LogP contribution in [-0.4, -0.2) is 47.5 Å². The van der Waals surface area contributed by atoms with Crippen LogP contribution in [0.2, 0.25) is 5.02 Å². The van der Waals surface area contributed by atoms with Gasteiger partial charge in [-0.05, 0) is 43.2 Å². The van der Waals surface area contributed by atoms with Crippen LogP contribution < -0.4 is 5.56 Å². The van der Waals surface area contributed by atoms with Crippen LogP contribution in [0.4, 0.5) is 0 Å². The van der Waals surface area contributed by atoms with E-state index in [1.165, 1.54) is 10.6 Å². The van der Waals surface area contributed by atoms with Crippen molar-refractivity contribution in [3.63, 3.8) is 0 Å². The number of hydrogen-bond acceptors (Lipinski definition) is 4. The van der Waals surface area contributed by atoms with E-state index in [0.717, 1.165) is 0 Å². The zero-order valence-corrected chi connectivity index (χ0v) is 15.5. The van der Waals surface area contributed by atoms with Crippen LogP contribution >= 0.6 is 11.6 Å². The number of Topliss-reactive ketones (excluding diaryl/α,β-unsaturated/α-hetero) is 1. The van der Waals surface area contributed by atoms with Gasteiger partial charge < -0.3 is 9.64 Å². The van der Waals surface area contributed by atoms with Crippen LogP contribution in [-0.2, 0) is 11.2 Å². The lowest BCUT2D eigenvalue weighted by atomic mass is 9.92. The molecule has 0 N–H and O–H groups in total. The van der Waals surface area contributed by atoms with Crippen molar-refractivity contribution in [2.45, 2.75) is 19.3 Å².